The average Bonchev–Trinajstić information content (AvgIpc) is 2.46. The van der Waals surface area contributed by atoms with Gasteiger partial charge in [0.25, 0.3) is 0 Å². The molecule has 0 radical (unpaired) electrons. The van der Waals surface area contributed by atoms with Crippen LogP contribution in [0.2, 0.25) is 0 Å². The third-order valence-electron chi connectivity index (χ3n) is 1.38. The molecule has 0 aliphatic rings. The topological polar surface area (TPSA) is 68.5 Å². The van der Waals surface area contributed by atoms with Crippen LogP contribution in [0.3, 0.4) is 0 Å². The summed E-state index contributed by atoms with van der Waals surface area (Å²) in [5.74, 6) is 0. The van der Waals surface area contributed by atoms with Crippen molar-refractivity contribution in [3.05, 3.63) is 4.80 Å². The number of rotatable bonds is 2. The van der Waals surface area contributed by atoms with Crippen LogP contribution >= 0.6 is 11.3 Å². The van der Waals surface area contributed by atoms with E-state index < -0.39 is 6.09 Å². The van der Waals surface area contributed by atoms with Gasteiger partial charge in [0.1, 0.15) is 0 Å². The van der Waals surface area contributed by atoms with E-state index in [0.717, 1.165) is 4.80 Å². The third kappa shape index (κ3) is 2.56. The highest BCUT2D eigenvalue weighted by Crippen LogP contribution is 2.05. The number of ether oxygens (including phenoxy) is 1. The summed E-state index contributed by atoms with van der Waals surface area (Å²) < 4.78 is 6.29. The summed E-state index contributed by atoms with van der Waals surface area (Å²) in [5.41, 5.74) is 0. The van der Waals surface area contributed by atoms with Gasteiger partial charge in [-0.05, 0) is 6.92 Å². The van der Waals surface area contributed by atoms with E-state index in [1.54, 1.807) is 25.7 Å². The van der Waals surface area contributed by atoms with Crippen molar-refractivity contribution < 1.29 is 9.53 Å². The van der Waals surface area contributed by atoms with Crippen LogP contribution in [0.4, 0.5) is 9.93 Å². The lowest BCUT2D eigenvalue weighted by atomic mass is 10.9. The SMILES string of the molecule is CCOC(=O)Nc1nn(C)c(=NC)s1. The Kier molecular flexibility index (Phi) is 3.63. The molecule has 0 aromatic carbocycles. The van der Waals surface area contributed by atoms with Crippen LogP contribution in [0, 0.1) is 0 Å². The monoisotopic (exact) mass is 216 g/mol. The van der Waals surface area contributed by atoms with Gasteiger partial charge in [0, 0.05) is 14.1 Å². The van der Waals surface area contributed by atoms with Gasteiger partial charge in [-0.25, -0.2) is 9.48 Å². The highest BCUT2D eigenvalue weighted by Gasteiger charge is 2.06. The van der Waals surface area contributed by atoms with Crippen molar-refractivity contribution in [1.82, 2.24) is 9.78 Å². The number of aryl methyl sites for hydroxylation is 1. The second kappa shape index (κ2) is 4.75. The number of amides is 1. The molecule has 0 fully saturated rings. The van der Waals surface area contributed by atoms with Crippen molar-refractivity contribution in [2.24, 2.45) is 12.0 Å². The lowest BCUT2D eigenvalue weighted by molar-refractivity contribution is 0.168. The predicted octanol–water partition coefficient (Wildman–Crippen LogP) is 0.581. The first-order valence-electron chi connectivity index (χ1n) is 4.08. The largest absolute Gasteiger partial charge is 0.450 e. The molecule has 0 aliphatic heterocycles. The van der Waals surface area contributed by atoms with E-state index in [9.17, 15) is 4.79 Å². The third-order valence-corrected chi connectivity index (χ3v) is 2.39. The maximum absolute atomic E-state index is 11.0. The summed E-state index contributed by atoms with van der Waals surface area (Å²) in [6.07, 6.45) is -0.496. The van der Waals surface area contributed by atoms with Crippen molar-refractivity contribution in [3.8, 4) is 0 Å². The van der Waals surface area contributed by atoms with Crippen molar-refractivity contribution in [2.45, 2.75) is 6.92 Å². The van der Waals surface area contributed by atoms with Crippen molar-refractivity contribution >= 4 is 22.6 Å². The number of hydrogen-bond donors (Lipinski definition) is 1. The van der Waals surface area contributed by atoms with E-state index in [1.807, 2.05) is 0 Å². The van der Waals surface area contributed by atoms with Crippen LogP contribution in [0.5, 0.6) is 0 Å². The minimum Gasteiger partial charge on any atom is -0.450 e. The van der Waals surface area contributed by atoms with Crippen LogP contribution in [-0.2, 0) is 11.8 Å². The molecule has 0 spiro atoms. The molecule has 0 aliphatic carbocycles. The normalized spacial score (nSPS) is 11.5. The Labute approximate surface area is 85.2 Å². The molecule has 7 heteroatoms. The second-order valence-electron chi connectivity index (χ2n) is 2.38. The molecule has 0 unspecified atom stereocenters. The molecule has 0 saturated carbocycles. The fraction of sp³-hybridized carbons (Fsp3) is 0.571. The first-order chi connectivity index (χ1) is 6.67. The highest BCUT2D eigenvalue weighted by molar-refractivity contribution is 7.13. The summed E-state index contributed by atoms with van der Waals surface area (Å²) in [4.78, 5) is 15.7. The van der Waals surface area contributed by atoms with Gasteiger partial charge in [-0.1, -0.05) is 11.3 Å². The first-order valence-corrected chi connectivity index (χ1v) is 4.89. The Morgan fingerprint density at radius 1 is 1.79 bits per heavy atom. The number of hydrogen-bond acceptors (Lipinski definition) is 5. The number of anilines is 1. The van der Waals surface area contributed by atoms with E-state index in [0.29, 0.717) is 11.7 Å². The summed E-state index contributed by atoms with van der Waals surface area (Å²) in [7, 11) is 3.43. The highest BCUT2D eigenvalue weighted by atomic mass is 32.1. The maximum Gasteiger partial charge on any atom is 0.413 e. The summed E-state index contributed by atoms with van der Waals surface area (Å²) in [6, 6.07) is 0. The predicted molar refractivity (Wildman–Crippen MR) is 53.2 cm³/mol. The number of nitrogens with one attached hydrogen (secondary N) is 1. The molecule has 6 nitrogen and oxygen atoms in total. The van der Waals surface area contributed by atoms with Crippen LogP contribution in [0.1, 0.15) is 6.92 Å². The Morgan fingerprint density at radius 3 is 3.00 bits per heavy atom. The van der Waals surface area contributed by atoms with E-state index in [2.05, 4.69) is 15.4 Å². The lowest BCUT2D eigenvalue weighted by Crippen LogP contribution is -2.13. The molecular weight excluding hydrogens is 204 g/mol. The smallest absolute Gasteiger partial charge is 0.413 e. The van der Waals surface area contributed by atoms with Crippen molar-refractivity contribution in [2.75, 3.05) is 19.0 Å². The minimum absolute atomic E-state index is 0.342. The van der Waals surface area contributed by atoms with Gasteiger partial charge in [0.05, 0.1) is 6.61 Å². The number of aromatic nitrogens is 2. The molecule has 1 heterocycles. The number of carbonyl (C=O) groups is 1. The van der Waals surface area contributed by atoms with Crippen LogP contribution in [0.15, 0.2) is 4.99 Å². The Balaban J connectivity index is 2.73. The van der Waals surface area contributed by atoms with Crippen LogP contribution in [-0.4, -0.2) is 29.5 Å². The van der Waals surface area contributed by atoms with Crippen molar-refractivity contribution in [1.29, 1.82) is 0 Å². The van der Waals surface area contributed by atoms with Gasteiger partial charge in [0.15, 0.2) is 0 Å². The van der Waals surface area contributed by atoms with Gasteiger partial charge in [-0.2, -0.15) is 0 Å². The van der Waals surface area contributed by atoms with Gasteiger partial charge in [0.2, 0.25) is 9.93 Å². The lowest BCUT2D eigenvalue weighted by Gasteiger charge is -1.99. The van der Waals surface area contributed by atoms with Crippen molar-refractivity contribution in [3.63, 3.8) is 0 Å². The fourth-order valence-corrected chi connectivity index (χ4v) is 1.58. The molecule has 1 rings (SSSR count). The average molecular weight is 216 g/mol. The number of nitrogens with zero attached hydrogens (tertiary/aromatic N) is 3. The molecule has 14 heavy (non-hydrogen) atoms. The van der Waals surface area contributed by atoms with Gasteiger partial charge < -0.3 is 4.74 Å². The molecule has 78 valence electrons. The Hall–Kier alpha value is -1.37. The molecule has 1 aromatic rings. The first kappa shape index (κ1) is 10.7. The summed E-state index contributed by atoms with van der Waals surface area (Å²) in [6.45, 7) is 2.09. The van der Waals surface area contributed by atoms with E-state index in [1.165, 1.54) is 11.3 Å². The van der Waals surface area contributed by atoms with Gasteiger partial charge >= 0.3 is 6.09 Å². The van der Waals surface area contributed by atoms with Gasteiger partial charge in [-0.15, -0.1) is 5.10 Å². The zero-order valence-electron chi connectivity index (χ0n) is 8.27. The summed E-state index contributed by atoms with van der Waals surface area (Å²) in [5, 5.41) is 7.02. The van der Waals surface area contributed by atoms with Gasteiger partial charge in [-0.3, -0.25) is 10.3 Å². The fourth-order valence-electron chi connectivity index (χ4n) is 0.847. The van der Waals surface area contributed by atoms with Crippen LogP contribution in [0.25, 0.3) is 0 Å². The zero-order chi connectivity index (χ0) is 10.6. The Bertz CT molecular complexity index is 381. The molecule has 1 amide bonds. The summed E-state index contributed by atoms with van der Waals surface area (Å²) >= 11 is 1.29. The molecule has 0 atom stereocenters. The number of carbonyl (C=O) groups excluding carboxylic acids is 1. The van der Waals surface area contributed by atoms with E-state index >= 15 is 0 Å². The molecular formula is C7H12N4O2S. The Morgan fingerprint density at radius 2 is 2.50 bits per heavy atom. The quantitative estimate of drug-likeness (QED) is 0.786. The molecule has 0 saturated heterocycles. The van der Waals surface area contributed by atoms with E-state index in [4.69, 9.17) is 4.74 Å². The standard InChI is InChI=1S/C7H12N4O2S/c1-4-13-7(12)9-5-10-11(3)6(8-2)14-5/h4H2,1-3H3,(H,9,10,12). The zero-order valence-corrected chi connectivity index (χ0v) is 9.09. The van der Waals surface area contributed by atoms with Crippen LogP contribution < -0.4 is 10.1 Å². The molecule has 1 aromatic heterocycles. The second-order valence-corrected chi connectivity index (χ2v) is 3.34. The molecule has 0 bridgehead atoms. The van der Waals surface area contributed by atoms with E-state index in [-0.39, 0.29) is 0 Å². The minimum atomic E-state index is -0.496. The maximum atomic E-state index is 11.0. The molecule has 1 N–H and O–H groups in total.